The van der Waals surface area contributed by atoms with Crippen LogP contribution in [-0.4, -0.2) is 31.5 Å². The highest BCUT2D eigenvalue weighted by atomic mass is 35.5. The molecule has 1 atom stereocenters. The first-order valence-corrected chi connectivity index (χ1v) is 4.66. The van der Waals surface area contributed by atoms with E-state index in [-0.39, 0.29) is 17.9 Å². The number of halogens is 1. The largest absolute Gasteiger partial charge is 0.383 e. The maximum Gasteiger partial charge on any atom is 0.223 e. The summed E-state index contributed by atoms with van der Waals surface area (Å²) in [6, 6.07) is -0.0373. The lowest BCUT2D eigenvalue weighted by atomic mass is 10.3. The third-order valence-corrected chi connectivity index (χ3v) is 2.22. The van der Waals surface area contributed by atoms with Crippen LogP contribution in [0, 0.1) is 5.92 Å². The molecule has 1 aliphatic carbocycles. The molecule has 0 aliphatic heterocycles. The van der Waals surface area contributed by atoms with Crippen molar-refractivity contribution in [1.29, 1.82) is 0 Å². The minimum atomic E-state index is -0.0373. The summed E-state index contributed by atoms with van der Waals surface area (Å²) in [5.41, 5.74) is 0. The van der Waals surface area contributed by atoms with Crippen molar-refractivity contribution in [3.05, 3.63) is 0 Å². The van der Waals surface area contributed by atoms with Crippen LogP contribution in [0.4, 0.5) is 0 Å². The van der Waals surface area contributed by atoms with Crippen LogP contribution >= 0.6 is 11.6 Å². The van der Waals surface area contributed by atoms with Crippen molar-refractivity contribution in [2.75, 3.05) is 19.6 Å². The van der Waals surface area contributed by atoms with Crippen LogP contribution < -0.4 is 5.32 Å². The predicted molar refractivity (Wildman–Crippen MR) is 47.3 cm³/mol. The van der Waals surface area contributed by atoms with Gasteiger partial charge in [-0.25, -0.2) is 0 Å². The summed E-state index contributed by atoms with van der Waals surface area (Å²) < 4.78 is 4.90. The third kappa shape index (κ3) is 2.99. The standard InChI is InChI=1S/C8H14ClNO2/c1-12-5-7(4-9)10-8(11)6-2-3-6/h6-7H,2-5H2,1H3,(H,10,11). The molecule has 1 fully saturated rings. The molecule has 4 heteroatoms. The van der Waals surface area contributed by atoms with E-state index in [1.165, 1.54) is 0 Å². The Balaban J connectivity index is 2.20. The van der Waals surface area contributed by atoms with Gasteiger partial charge in [0.2, 0.25) is 5.91 Å². The average molecular weight is 192 g/mol. The van der Waals surface area contributed by atoms with Crippen molar-refractivity contribution in [2.45, 2.75) is 18.9 Å². The molecule has 12 heavy (non-hydrogen) atoms. The third-order valence-electron chi connectivity index (χ3n) is 1.85. The van der Waals surface area contributed by atoms with Crippen molar-refractivity contribution in [3.8, 4) is 0 Å². The zero-order valence-electron chi connectivity index (χ0n) is 7.18. The summed E-state index contributed by atoms with van der Waals surface area (Å²) in [6.45, 7) is 0.488. The van der Waals surface area contributed by atoms with E-state index in [4.69, 9.17) is 16.3 Å². The number of ether oxygens (including phenoxy) is 1. The molecule has 0 radical (unpaired) electrons. The summed E-state index contributed by atoms with van der Waals surface area (Å²) >= 11 is 5.62. The van der Waals surface area contributed by atoms with Gasteiger partial charge in [-0.3, -0.25) is 4.79 Å². The Morgan fingerprint density at radius 3 is 2.83 bits per heavy atom. The second kappa shape index (κ2) is 4.67. The van der Waals surface area contributed by atoms with Crippen molar-refractivity contribution in [2.24, 2.45) is 5.92 Å². The monoisotopic (exact) mass is 191 g/mol. The van der Waals surface area contributed by atoms with Crippen molar-refractivity contribution in [1.82, 2.24) is 5.32 Å². The molecule has 1 N–H and O–H groups in total. The molecule has 0 aromatic carbocycles. The zero-order valence-corrected chi connectivity index (χ0v) is 7.93. The maximum atomic E-state index is 11.2. The van der Waals surface area contributed by atoms with Crippen LogP contribution in [0.3, 0.4) is 0 Å². The second-order valence-electron chi connectivity index (χ2n) is 3.09. The average Bonchev–Trinajstić information content (AvgIpc) is 2.85. The van der Waals surface area contributed by atoms with Crippen molar-refractivity contribution >= 4 is 17.5 Å². The molecule has 0 aromatic rings. The lowest BCUT2D eigenvalue weighted by Gasteiger charge is -2.14. The summed E-state index contributed by atoms with van der Waals surface area (Å²) in [7, 11) is 1.60. The molecular formula is C8H14ClNO2. The van der Waals surface area contributed by atoms with Gasteiger partial charge in [-0.15, -0.1) is 11.6 Å². The molecule has 1 rings (SSSR count). The Morgan fingerprint density at radius 2 is 2.42 bits per heavy atom. The van der Waals surface area contributed by atoms with Gasteiger partial charge in [-0.1, -0.05) is 0 Å². The van der Waals surface area contributed by atoms with Crippen molar-refractivity contribution in [3.63, 3.8) is 0 Å². The van der Waals surface area contributed by atoms with Crippen molar-refractivity contribution < 1.29 is 9.53 Å². The fourth-order valence-corrected chi connectivity index (χ4v) is 1.16. The van der Waals surface area contributed by atoms with E-state index in [0.717, 1.165) is 12.8 Å². The number of nitrogens with one attached hydrogen (secondary N) is 1. The number of amides is 1. The second-order valence-corrected chi connectivity index (χ2v) is 3.40. The zero-order chi connectivity index (χ0) is 8.97. The van der Waals surface area contributed by atoms with Crippen LogP contribution in [0.1, 0.15) is 12.8 Å². The summed E-state index contributed by atoms with van der Waals surface area (Å²) in [5, 5.41) is 2.83. The smallest absolute Gasteiger partial charge is 0.223 e. The molecule has 0 aromatic heterocycles. The van der Waals surface area contributed by atoms with Gasteiger partial charge in [0.1, 0.15) is 0 Å². The Bertz CT molecular complexity index is 159. The Hall–Kier alpha value is -0.280. The molecule has 0 heterocycles. The molecule has 1 amide bonds. The lowest BCUT2D eigenvalue weighted by Crippen LogP contribution is -2.40. The highest BCUT2D eigenvalue weighted by molar-refractivity contribution is 6.18. The van der Waals surface area contributed by atoms with Gasteiger partial charge in [-0.2, -0.15) is 0 Å². The van der Waals surface area contributed by atoms with Crippen LogP contribution in [0.15, 0.2) is 0 Å². The van der Waals surface area contributed by atoms with E-state index in [0.29, 0.717) is 12.5 Å². The van der Waals surface area contributed by atoms with Crippen LogP contribution in [0.25, 0.3) is 0 Å². The van der Waals surface area contributed by atoms with E-state index in [2.05, 4.69) is 5.32 Å². The fourth-order valence-electron chi connectivity index (χ4n) is 0.991. The van der Waals surface area contributed by atoms with E-state index < -0.39 is 0 Å². The molecule has 70 valence electrons. The van der Waals surface area contributed by atoms with Crippen LogP contribution in [0.2, 0.25) is 0 Å². The van der Waals surface area contributed by atoms with E-state index in [9.17, 15) is 4.79 Å². The quantitative estimate of drug-likeness (QED) is 0.652. The molecular weight excluding hydrogens is 178 g/mol. The molecule has 0 saturated heterocycles. The maximum absolute atomic E-state index is 11.2. The molecule has 0 bridgehead atoms. The number of carbonyl (C=O) groups is 1. The Kier molecular flexibility index (Phi) is 3.82. The Labute approximate surface area is 77.4 Å². The minimum Gasteiger partial charge on any atom is -0.383 e. The summed E-state index contributed by atoms with van der Waals surface area (Å²) in [5.74, 6) is 0.775. The molecule has 0 spiro atoms. The molecule has 3 nitrogen and oxygen atoms in total. The highest BCUT2D eigenvalue weighted by Crippen LogP contribution is 2.28. The van der Waals surface area contributed by atoms with E-state index in [1.54, 1.807) is 7.11 Å². The van der Waals surface area contributed by atoms with Crippen LogP contribution in [-0.2, 0) is 9.53 Å². The van der Waals surface area contributed by atoms with Gasteiger partial charge < -0.3 is 10.1 Å². The van der Waals surface area contributed by atoms with Gasteiger partial charge in [0.05, 0.1) is 12.6 Å². The number of carbonyl (C=O) groups excluding carboxylic acids is 1. The number of methoxy groups -OCH3 is 1. The van der Waals surface area contributed by atoms with Gasteiger partial charge in [0, 0.05) is 18.9 Å². The first-order valence-electron chi connectivity index (χ1n) is 4.13. The number of alkyl halides is 1. The normalized spacial score (nSPS) is 18.8. The topological polar surface area (TPSA) is 38.3 Å². The van der Waals surface area contributed by atoms with Gasteiger partial charge in [0.15, 0.2) is 0 Å². The summed E-state index contributed by atoms with van der Waals surface area (Å²) in [4.78, 5) is 11.2. The number of rotatable bonds is 5. The predicted octanol–water partition coefficient (Wildman–Crippen LogP) is 0.766. The number of hydrogen-bond acceptors (Lipinski definition) is 2. The molecule has 1 unspecified atom stereocenters. The van der Waals surface area contributed by atoms with Gasteiger partial charge in [-0.05, 0) is 12.8 Å². The first kappa shape index (κ1) is 9.81. The lowest BCUT2D eigenvalue weighted by molar-refractivity contribution is -0.123. The molecule has 1 saturated carbocycles. The van der Waals surface area contributed by atoms with Gasteiger partial charge in [0.25, 0.3) is 0 Å². The van der Waals surface area contributed by atoms with E-state index in [1.807, 2.05) is 0 Å². The van der Waals surface area contributed by atoms with Crippen LogP contribution in [0.5, 0.6) is 0 Å². The van der Waals surface area contributed by atoms with E-state index >= 15 is 0 Å². The SMILES string of the molecule is COCC(CCl)NC(=O)C1CC1. The number of hydrogen-bond donors (Lipinski definition) is 1. The van der Waals surface area contributed by atoms with Gasteiger partial charge >= 0.3 is 0 Å². The first-order chi connectivity index (χ1) is 5.77. The summed E-state index contributed by atoms with van der Waals surface area (Å²) in [6.07, 6.45) is 2.04. The highest BCUT2D eigenvalue weighted by Gasteiger charge is 2.30. The minimum absolute atomic E-state index is 0.0373. The fraction of sp³-hybridized carbons (Fsp3) is 0.875. The molecule has 1 aliphatic rings. The Morgan fingerprint density at radius 1 is 1.75 bits per heavy atom.